The molecule has 32 heavy (non-hydrogen) atoms. The highest BCUT2D eigenvalue weighted by atomic mass is 32.2. The van der Waals surface area contributed by atoms with Gasteiger partial charge in [-0.1, -0.05) is 47.2 Å². The Labute approximate surface area is 189 Å². The third-order valence-electron chi connectivity index (χ3n) is 5.02. The standard InChI is InChI=1S/C23H21N3O4S2/c1-16-8-11-18(12-9-16)26(32(29,30)19-6-4-3-5-7-19)15-22(27)24-17-10-13-20-21(14-17)31-23(28)25(20)2/h3-14H,15H2,1-2H3,(H,24,27). The summed E-state index contributed by atoms with van der Waals surface area (Å²) in [6.45, 7) is 1.50. The second-order valence-electron chi connectivity index (χ2n) is 7.32. The molecular formula is C23H21N3O4S2. The first-order valence-corrected chi connectivity index (χ1v) is 12.1. The van der Waals surface area contributed by atoms with Crippen molar-refractivity contribution in [1.82, 2.24) is 4.57 Å². The number of hydrogen-bond acceptors (Lipinski definition) is 5. The predicted octanol–water partition coefficient (Wildman–Crippen LogP) is 3.74. The van der Waals surface area contributed by atoms with E-state index in [0.717, 1.165) is 31.4 Å². The van der Waals surface area contributed by atoms with Gasteiger partial charge in [0.1, 0.15) is 6.54 Å². The van der Waals surface area contributed by atoms with Crippen molar-refractivity contribution >= 4 is 48.9 Å². The SMILES string of the molecule is Cc1ccc(N(CC(=O)Nc2ccc3c(c2)sc(=O)n3C)S(=O)(=O)c2ccccc2)cc1. The normalized spacial score (nSPS) is 11.4. The van der Waals surface area contributed by atoms with E-state index in [0.29, 0.717) is 11.4 Å². The summed E-state index contributed by atoms with van der Waals surface area (Å²) in [5.41, 5.74) is 2.63. The second-order valence-corrected chi connectivity index (χ2v) is 10.2. The topological polar surface area (TPSA) is 88.5 Å². The molecule has 1 aromatic heterocycles. The Morgan fingerprint density at radius 2 is 1.72 bits per heavy atom. The first-order valence-electron chi connectivity index (χ1n) is 9.79. The van der Waals surface area contributed by atoms with Crippen molar-refractivity contribution in [3.05, 3.63) is 88.0 Å². The number of carbonyl (C=O) groups excluding carboxylic acids is 1. The molecule has 1 N–H and O–H groups in total. The maximum absolute atomic E-state index is 13.3. The number of aromatic nitrogens is 1. The van der Waals surface area contributed by atoms with Gasteiger partial charge in [-0.05, 0) is 49.4 Å². The summed E-state index contributed by atoms with van der Waals surface area (Å²) in [5, 5.41) is 2.75. The summed E-state index contributed by atoms with van der Waals surface area (Å²) in [6, 6.07) is 20.1. The Morgan fingerprint density at radius 1 is 1.03 bits per heavy atom. The molecule has 4 aromatic rings. The van der Waals surface area contributed by atoms with Gasteiger partial charge in [-0.3, -0.25) is 13.9 Å². The molecule has 0 aliphatic heterocycles. The van der Waals surface area contributed by atoms with E-state index in [9.17, 15) is 18.0 Å². The number of thiazole rings is 1. The van der Waals surface area contributed by atoms with Crippen molar-refractivity contribution < 1.29 is 13.2 Å². The van der Waals surface area contributed by atoms with Crippen LogP contribution in [0.3, 0.4) is 0 Å². The highest BCUT2D eigenvalue weighted by molar-refractivity contribution is 7.92. The zero-order valence-corrected chi connectivity index (χ0v) is 19.1. The summed E-state index contributed by atoms with van der Waals surface area (Å²) < 4.78 is 30.0. The van der Waals surface area contributed by atoms with Gasteiger partial charge in [-0.2, -0.15) is 0 Å². The van der Waals surface area contributed by atoms with Crippen LogP contribution in [-0.4, -0.2) is 25.4 Å². The van der Waals surface area contributed by atoms with Gasteiger partial charge in [0.2, 0.25) is 5.91 Å². The fraction of sp³-hybridized carbons (Fsp3) is 0.130. The van der Waals surface area contributed by atoms with Gasteiger partial charge in [-0.15, -0.1) is 0 Å². The molecule has 4 rings (SSSR count). The van der Waals surface area contributed by atoms with Crippen LogP contribution >= 0.6 is 11.3 Å². The molecule has 1 amide bonds. The fourth-order valence-electron chi connectivity index (χ4n) is 3.29. The molecule has 0 bridgehead atoms. The summed E-state index contributed by atoms with van der Waals surface area (Å²) >= 11 is 1.08. The maximum Gasteiger partial charge on any atom is 0.307 e. The van der Waals surface area contributed by atoms with E-state index in [-0.39, 0.29) is 9.77 Å². The van der Waals surface area contributed by atoms with Crippen molar-refractivity contribution in [3.8, 4) is 0 Å². The number of nitrogens with one attached hydrogen (secondary N) is 1. The molecule has 0 spiro atoms. The molecule has 3 aromatic carbocycles. The van der Waals surface area contributed by atoms with Gasteiger partial charge in [0.25, 0.3) is 10.0 Å². The number of nitrogens with zero attached hydrogens (tertiary/aromatic N) is 2. The number of hydrogen-bond donors (Lipinski definition) is 1. The molecule has 0 saturated heterocycles. The molecule has 0 saturated carbocycles. The zero-order valence-electron chi connectivity index (χ0n) is 17.5. The van der Waals surface area contributed by atoms with Crippen molar-refractivity contribution in [2.24, 2.45) is 7.05 Å². The van der Waals surface area contributed by atoms with Crippen molar-refractivity contribution in [1.29, 1.82) is 0 Å². The lowest BCUT2D eigenvalue weighted by atomic mass is 10.2. The van der Waals surface area contributed by atoms with E-state index in [1.807, 2.05) is 6.92 Å². The highest BCUT2D eigenvalue weighted by Gasteiger charge is 2.27. The fourth-order valence-corrected chi connectivity index (χ4v) is 5.65. The van der Waals surface area contributed by atoms with Crippen LogP contribution in [0, 0.1) is 6.92 Å². The number of anilines is 2. The second kappa shape index (κ2) is 8.60. The first-order chi connectivity index (χ1) is 15.3. The molecule has 1 heterocycles. The first kappa shape index (κ1) is 21.8. The van der Waals surface area contributed by atoms with Crippen LogP contribution in [0.15, 0.2) is 82.5 Å². The van der Waals surface area contributed by atoms with E-state index in [4.69, 9.17) is 0 Å². The van der Waals surface area contributed by atoms with E-state index in [1.165, 1.54) is 16.7 Å². The molecule has 7 nitrogen and oxygen atoms in total. The Balaban J connectivity index is 1.64. The van der Waals surface area contributed by atoms with Crippen LogP contribution in [0.1, 0.15) is 5.56 Å². The minimum Gasteiger partial charge on any atom is -0.324 e. The summed E-state index contributed by atoms with van der Waals surface area (Å²) in [7, 11) is -2.27. The molecule has 0 aliphatic rings. The number of aryl methyl sites for hydroxylation is 2. The molecule has 0 unspecified atom stereocenters. The Morgan fingerprint density at radius 3 is 2.41 bits per heavy atom. The van der Waals surface area contributed by atoms with E-state index < -0.39 is 22.5 Å². The molecule has 0 atom stereocenters. The largest absolute Gasteiger partial charge is 0.324 e. The maximum atomic E-state index is 13.3. The van der Waals surface area contributed by atoms with Crippen LogP contribution in [0.5, 0.6) is 0 Å². The summed E-state index contributed by atoms with van der Waals surface area (Å²) in [4.78, 5) is 24.7. The van der Waals surface area contributed by atoms with Gasteiger partial charge in [0.05, 0.1) is 20.8 Å². The number of fused-ring (bicyclic) bond motifs is 1. The Kier molecular flexibility index (Phi) is 5.86. The molecule has 164 valence electrons. The average molecular weight is 468 g/mol. The molecule has 9 heteroatoms. The lowest BCUT2D eigenvalue weighted by Crippen LogP contribution is -2.38. The summed E-state index contributed by atoms with van der Waals surface area (Å²) in [6.07, 6.45) is 0. The number of rotatable bonds is 6. The predicted molar refractivity (Wildman–Crippen MR) is 128 cm³/mol. The minimum absolute atomic E-state index is 0.0945. The lowest BCUT2D eigenvalue weighted by Gasteiger charge is -2.24. The molecule has 0 aliphatic carbocycles. The van der Waals surface area contributed by atoms with Crippen molar-refractivity contribution in [2.75, 3.05) is 16.2 Å². The molecule has 0 fully saturated rings. The molecule has 0 radical (unpaired) electrons. The number of sulfonamides is 1. The van der Waals surface area contributed by atoms with E-state index in [2.05, 4.69) is 5.32 Å². The van der Waals surface area contributed by atoms with Crippen LogP contribution < -0.4 is 14.5 Å². The van der Waals surface area contributed by atoms with Gasteiger partial charge >= 0.3 is 4.87 Å². The van der Waals surface area contributed by atoms with Crippen molar-refractivity contribution in [2.45, 2.75) is 11.8 Å². The monoisotopic (exact) mass is 467 g/mol. The van der Waals surface area contributed by atoms with Gasteiger partial charge in [0.15, 0.2) is 0 Å². The quantitative estimate of drug-likeness (QED) is 0.468. The average Bonchev–Trinajstić information content (AvgIpc) is 3.06. The Bertz CT molecular complexity index is 1440. The van der Waals surface area contributed by atoms with E-state index in [1.54, 1.807) is 67.7 Å². The number of amides is 1. The van der Waals surface area contributed by atoms with Crippen LogP contribution in [-0.2, 0) is 21.9 Å². The van der Waals surface area contributed by atoms with Crippen LogP contribution in [0.2, 0.25) is 0 Å². The zero-order chi connectivity index (χ0) is 22.9. The molecular weight excluding hydrogens is 446 g/mol. The number of benzene rings is 3. The summed E-state index contributed by atoms with van der Waals surface area (Å²) in [5.74, 6) is -0.493. The van der Waals surface area contributed by atoms with E-state index >= 15 is 0 Å². The van der Waals surface area contributed by atoms with Crippen LogP contribution in [0.25, 0.3) is 10.2 Å². The highest BCUT2D eigenvalue weighted by Crippen LogP contribution is 2.25. The van der Waals surface area contributed by atoms with Gasteiger partial charge < -0.3 is 9.88 Å². The minimum atomic E-state index is -3.96. The number of carbonyl (C=O) groups is 1. The Hall–Kier alpha value is -3.43. The van der Waals surface area contributed by atoms with Gasteiger partial charge in [0, 0.05) is 12.7 Å². The lowest BCUT2D eigenvalue weighted by molar-refractivity contribution is -0.114. The third-order valence-corrected chi connectivity index (χ3v) is 7.80. The van der Waals surface area contributed by atoms with Crippen molar-refractivity contribution in [3.63, 3.8) is 0 Å². The van der Waals surface area contributed by atoms with Crippen LogP contribution in [0.4, 0.5) is 11.4 Å². The smallest absolute Gasteiger partial charge is 0.307 e. The third kappa shape index (κ3) is 4.30. The van der Waals surface area contributed by atoms with Gasteiger partial charge in [-0.25, -0.2) is 8.42 Å².